The molecule has 0 spiro atoms. The van der Waals surface area contributed by atoms with Gasteiger partial charge >= 0.3 is 29.8 Å². The lowest BCUT2D eigenvalue weighted by molar-refractivity contribution is -0.314. The molecule has 274 valence electrons. The Morgan fingerprint density at radius 1 is 0.833 bits per heavy atom. The van der Waals surface area contributed by atoms with Crippen LogP contribution in [0.15, 0.2) is 0 Å². The number of esters is 5. The highest BCUT2D eigenvalue weighted by Crippen LogP contribution is 2.37. The first kappa shape index (κ1) is 40.8. The second-order valence-corrected chi connectivity index (χ2v) is 11.4. The standard InChI is InChI=1S/C30H51N5O13/c1-19(36)34-26-24(45-21(3)38)17-30(29(41)42-6,44-16-15-35-13-11-32-9-7-31-8-10-33-12-14-35)48-28(26)27(47-23(5)40)25(46-22(4)39)18-43-20(2)37/h24-28,31-33H,7-18H2,1-6H3,(H,34,36)/t24-,25-,26+,27+,28+,30+/m0/s1. The van der Waals surface area contributed by atoms with E-state index in [0.717, 1.165) is 61.0 Å². The molecule has 48 heavy (non-hydrogen) atoms. The summed E-state index contributed by atoms with van der Waals surface area (Å²) >= 11 is 0. The summed E-state index contributed by atoms with van der Waals surface area (Å²) in [6.07, 6.45) is -6.39. The molecule has 0 aromatic heterocycles. The molecule has 6 atom stereocenters. The molecule has 2 saturated heterocycles. The molecule has 0 saturated carbocycles. The lowest BCUT2D eigenvalue weighted by Gasteiger charge is -2.48. The van der Waals surface area contributed by atoms with E-state index in [4.69, 9.17) is 33.2 Å². The number of nitrogens with one attached hydrogen (secondary N) is 4. The molecule has 0 aromatic carbocycles. The Morgan fingerprint density at radius 3 is 1.92 bits per heavy atom. The number of hydrogen-bond donors (Lipinski definition) is 4. The monoisotopic (exact) mass is 689 g/mol. The number of rotatable bonds is 13. The maximum atomic E-state index is 13.5. The smallest absolute Gasteiger partial charge is 0.366 e. The molecule has 4 N–H and O–H groups in total. The third-order valence-electron chi connectivity index (χ3n) is 7.40. The van der Waals surface area contributed by atoms with E-state index < -0.39 is 85.0 Å². The summed E-state index contributed by atoms with van der Waals surface area (Å²) < 4.78 is 39.2. The van der Waals surface area contributed by atoms with Gasteiger partial charge in [0.05, 0.1) is 26.2 Å². The zero-order valence-electron chi connectivity index (χ0n) is 28.6. The minimum atomic E-state index is -2.25. The average Bonchev–Trinajstić information content (AvgIpc) is 2.99. The van der Waals surface area contributed by atoms with Crippen LogP contribution < -0.4 is 21.3 Å². The van der Waals surface area contributed by atoms with Crippen LogP contribution in [0.4, 0.5) is 0 Å². The largest absolute Gasteiger partial charge is 0.465 e. The summed E-state index contributed by atoms with van der Waals surface area (Å²) in [6.45, 7) is 11.4. The highest BCUT2D eigenvalue weighted by atomic mass is 16.7. The normalized spacial score (nSPS) is 25.5. The maximum absolute atomic E-state index is 13.5. The Balaban J connectivity index is 2.53. The van der Waals surface area contributed by atoms with E-state index in [2.05, 4.69) is 26.2 Å². The van der Waals surface area contributed by atoms with Gasteiger partial charge in [-0.3, -0.25) is 28.9 Å². The molecule has 2 heterocycles. The first-order chi connectivity index (χ1) is 22.8. The van der Waals surface area contributed by atoms with Crippen LogP contribution in [0, 0.1) is 0 Å². The summed E-state index contributed by atoms with van der Waals surface area (Å²) in [6, 6.07) is -1.27. The predicted octanol–water partition coefficient (Wildman–Crippen LogP) is -2.39. The fourth-order valence-corrected chi connectivity index (χ4v) is 5.43. The number of amides is 1. The van der Waals surface area contributed by atoms with E-state index in [1.165, 1.54) is 6.92 Å². The van der Waals surface area contributed by atoms with Gasteiger partial charge in [-0.2, -0.15) is 0 Å². The minimum absolute atomic E-state index is 0.0555. The predicted molar refractivity (Wildman–Crippen MR) is 166 cm³/mol. The third-order valence-corrected chi connectivity index (χ3v) is 7.40. The number of hydrogen-bond acceptors (Lipinski definition) is 17. The second kappa shape index (κ2) is 20.8. The summed E-state index contributed by atoms with van der Waals surface area (Å²) in [4.78, 5) is 76.7. The van der Waals surface area contributed by atoms with Crippen molar-refractivity contribution >= 4 is 35.8 Å². The minimum Gasteiger partial charge on any atom is -0.465 e. The number of carbonyl (C=O) groups is 6. The molecule has 0 radical (unpaired) electrons. The highest BCUT2D eigenvalue weighted by molar-refractivity contribution is 5.79. The van der Waals surface area contributed by atoms with Crippen LogP contribution in [0.2, 0.25) is 0 Å². The van der Waals surface area contributed by atoms with Crippen molar-refractivity contribution in [2.45, 2.75) is 77.3 Å². The number of methoxy groups -OCH3 is 1. The first-order valence-corrected chi connectivity index (χ1v) is 15.9. The SMILES string of the molecule is COC(=O)[C@@]1(OCCN2CCNCCNCCNCC2)C[C@H](OC(C)=O)[C@@H](NC(C)=O)[C@H]([C@H](OC(C)=O)[C@H](COC(C)=O)OC(C)=O)O1. The summed E-state index contributed by atoms with van der Waals surface area (Å²) in [5.41, 5.74) is 0. The van der Waals surface area contributed by atoms with E-state index >= 15 is 0 Å². The van der Waals surface area contributed by atoms with E-state index in [1.54, 1.807) is 0 Å². The van der Waals surface area contributed by atoms with Gasteiger partial charge in [-0.25, -0.2) is 4.79 Å². The topological polar surface area (TPSA) is 218 Å². The Hall–Kier alpha value is -3.42. The van der Waals surface area contributed by atoms with Crippen LogP contribution in [0.3, 0.4) is 0 Å². The van der Waals surface area contributed by atoms with Gasteiger partial charge in [-0.1, -0.05) is 0 Å². The van der Waals surface area contributed by atoms with Crippen molar-refractivity contribution in [3.05, 3.63) is 0 Å². The van der Waals surface area contributed by atoms with Crippen molar-refractivity contribution in [1.82, 2.24) is 26.2 Å². The average molecular weight is 690 g/mol. The van der Waals surface area contributed by atoms with Crippen LogP contribution in [0.1, 0.15) is 41.0 Å². The van der Waals surface area contributed by atoms with Gasteiger partial charge in [-0.05, 0) is 0 Å². The molecular formula is C30H51N5O13. The molecule has 0 aromatic rings. The van der Waals surface area contributed by atoms with Crippen LogP contribution in [-0.4, -0.2) is 156 Å². The molecule has 18 nitrogen and oxygen atoms in total. The highest BCUT2D eigenvalue weighted by Gasteiger charge is 2.59. The summed E-state index contributed by atoms with van der Waals surface area (Å²) in [7, 11) is 1.11. The Labute approximate surface area is 280 Å². The van der Waals surface area contributed by atoms with Crippen molar-refractivity contribution < 1.29 is 61.9 Å². The molecule has 1 amide bonds. The van der Waals surface area contributed by atoms with Crippen LogP contribution >= 0.6 is 0 Å². The zero-order chi connectivity index (χ0) is 35.7. The molecule has 0 aliphatic carbocycles. The van der Waals surface area contributed by atoms with Gasteiger partial charge < -0.3 is 54.4 Å². The lowest BCUT2D eigenvalue weighted by Crippen LogP contribution is -2.69. The van der Waals surface area contributed by atoms with Crippen LogP contribution in [-0.2, 0) is 61.9 Å². The van der Waals surface area contributed by atoms with E-state index in [1.807, 2.05) is 0 Å². The van der Waals surface area contributed by atoms with E-state index in [9.17, 15) is 28.8 Å². The summed E-state index contributed by atoms with van der Waals surface area (Å²) in [5.74, 6) is -7.01. The molecule has 0 unspecified atom stereocenters. The van der Waals surface area contributed by atoms with Crippen molar-refractivity contribution in [2.75, 3.05) is 79.2 Å². The van der Waals surface area contributed by atoms with Gasteiger partial charge in [0.1, 0.15) is 18.8 Å². The second-order valence-electron chi connectivity index (χ2n) is 11.4. The molecule has 18 heteroatoms. The van der Waals surface area contributed by atoms with Gasteiger partial charge in [0.25, 0.3) is 5.79 Å². The van der Waals surface area contributed by atoms with Gasteiger partial charge in [0.15, 0.2) is 12.2 Å². The lowest BCUT2D eigenvalue weighted by atomic mass is 9.88. The summed E-state index contributed by atoms with van der Waals surface area (Å²) in [5, 5.41) is 12.7. The third kappa shape index (κ3) is 14.0. The number of nitrogens with zero attached hydrogens (tertiary/aromatic N) is 1. The molecule has 2 aliphatic rings. The van der Waals surface area contributed by atoms with Crippen molar-refractivity contribution in [3.8, 4) is 0 Å². The molecular weight excluding hydrogens is 638 g/mol. The molecule has 0 bridgehead atoms. The van der Waals surface area contributed by atoms with Crippen molar-refractivity contribution in [2.24, 2.45) is 0 Å². The van der Waals surface area contributed by atoms with Crippen LogP contribution in [0.25, 0.3) is 0 Å². The Morgan fingerprint density at radius 2 is 1.42 bits per heavy atom. The van der Waals surface area contributed by atoms with Gasteiger partial charge in [-0.15, -0.1) is 0 Å². The molecule has 2 aliphatic heterocycles. The zero-order valence-corrected chi connectivity index (χ0v) is 28.6. The van der Waals surface area contributed by atoms with Gasteiger partial charge in [0, 0.05) is 93.5 Å². The fraction of sp³-hybridized carbons (Fsp3) is 0.800. The van der Waals surface area contributed by atoms with E-state index in [-0.39, 0.29) is 6.61 Å². The first-order valence-electron chi connectivity index (χ1n) is 15.9. The Kier molecular flexibility index (Phi) is 17.7. The molecule has 2 fully saturated rings. The Bertz CT molecular complexity index is 1080. The maximum Gasteiger partial charge on any atom is 0.366 e. The number of carbonyl (C=O) groups excluding carboxylic acids is 6. The fourth-order valence-electron chi connectivity index (χ4n) is 5.43. The number of ether oxygens (including phenoxy) is 7. The van der Waals surface area contributed by atoms with Crippen molar-refractivity contribution in [3.63, 3.8) is 0 Å². The van der Waals surface area contributed by atoms with Crippen LogP contribution in [0.5, 0.6) is 0 Å². The van der Waals surface area contributed by atoms with Crippen molar-refractivity contribution in [1.29, 1.82) is 0 Å². The van der Waals surface area contributed by atoms with Gasteiger partial charge in [0.2, 0.25) is 5.91 Å². The quantitative estimate of drug-likeness (QED) is 0.117. The molecule has 2 rings (SSSR count). The van der Waals surface area contributed by atoms with E-state index in [0.29, 0.717) is 32.7 Å².